The molecule has 0 saturated carbocycles. The zero-order valence-electron chi connectivity index (χ0n) is 10.0. The molecular weight excluding hydrogens is 257 g/mol. The first-order chi connectivity index (χ1) is 8.50. The average Bonchev–Trinajstić information content (AvgIpc) is 2.77. The standard InChI is InChI=1S/C12H13ClFN3O/c1-6(2)10(15)12-16-11(17-18-12)9-7(13)4-3-5-8(9)14/h3-6,10H,15H2,1-2H3. The fourth-order valence-electron chi connectivity index (χ4n) is 1.47. The Balaban J connectivity index is 2.41. The molecule has 0 aliphatic rings. The molecule has 6 heteroatoms. The Morgan fingerprint density at radius 2 is 2.11 bits per heavy atom. The molecule has 0 amide bonds. The van der Waals surface area contributed by atoms with Crippen LogP contribution in [0.3, 0.4) is 0 Å². The smallest absolute Gasteiger partial charge is 0.244 e. The maximum absolute atomic E-state index is 13.7. The van der Waals surface area contributed by atoms with Crippen molar-refractivity contribution in [3.63, 3.8) is 0 Å². The highest BCUT2D eigenvalue weighted by molar-refractivity contribution is 6.33. The van der Waals surface area contributed by atoms with Crippen molar-refractivity contribution in [2.24, 2.45) is 11.7 Å². The van der Waals surface area contributed by atoms with Crippen molar-refractivity contribution in [3.05, 3.63) is 34.9 Å². The van der Waals surface area contributed by atoms with E-state index in [1.54, 1.807) is 6.07 Å². The molecule has 1 aromatic heterocycles. The van der Waals surface area contributed by atoms with Gasteiger partial charge in [0, 0.05) is 0 Å². The van der Waals surface area contributed by atoms with Crippen molar-refractivity contribution in [2.75, 3.05) is 0 Å². The first kappa shape index (κ1) is 13.0. The third-order valence-corrected chi connectivity index (χ3v) is 2.95. The predicted molar refractivity (Wildman–Crippen MR) is 66.5 cm³/mol. The molecule has 2 aromatic rings. The highest BCUT2D eigenvalue weighted by atomic mass is 35.5. The van der Waals surface area contributed by atoms with Gasteiger partial charge in [-0.05, 0) is 18.1 Å². The number of nitrogens with zero attached hydrogens (tertiary/aromatic N) is 2. The van der Waals surface area contributed by atoms with E-state index >= 15 is 0 Å². The lowest BCUT2D eigenvalue weighted by atomic mass is 10.1. The summed E-state index contributed by atoms with van der Waals surface area (Å²) < 4.78 is 18.7. The molecule has 4 nitrogen and oxygen atoms in total. The molecular formula is C12H13ClFN3O. The van der Waals surface area contributed by atoms with Crippen LogP contribution in [-0.4, -0.2) is 10.1 Å². The van der Waals surface area contributed by atoms with E-state index in [-0.39, 0.29) is 34.3 Å². The van der Waals surface area contributed by atoms with Gasteiger partial charge < -0.3 is 10.3 Å². The minimum Gasteiger partial charge on any atom is -0.337 e. The largest absolute Gasteiger partial charge is 0.337 e. The fourth-order valence-corrected chi connectivity index (χ4v) is 1.72. The van der Waals surface area contributed by atoms with Gasteiger partial charge in [-0.15, -0.1) is 0 Å². The summed E-state index contributed by atoms with van der Waals surface area (Å²) in [6, 6.07) is 4.00. The summed E-state index contributed by atoms with van der Waals surface area (Å²) >= 11 is 5.92. The van der Waals surface area contributed by atoms with Gasteiger partial charge in [0.05, 0.1) is 16.6 Å². The number of aromatic nitrogens is 2. The number of hydrogen-bond donors (Lipinski definition) is 1. The van der Waals surface area contributed by atoms with Crippen LogP contribution in [0, 0.1) is 11.7 Å². The lowest BCUT2D eigenvalue weighted by Crippen LogP contribution is -2.16. The maximum atomic E-state index is 13.7. The van der Waals surface area contributed by atoms with Gasteiger partial charge in [0.15, 0.2) is 0 Å². The van der Waals surface area contributed by atoms with Crippen molar-refractivity contribution >= 4 is 11.6 Å². The van der Waals surface area contributed by atoms with Crippen LogP contribution in [0.4, 0.5) is 4.39 Å². The molecule has 0 aliphatic heterocycles. The lowest BCUT2D eigenvalue weighted by molar-refractivity contribution is 0.325. The molecule has 1 heterocycles. The molecule has 0 fully saturated rings. The Kier molecular flexibility index (Phi) is 3.63. The van der Waals surface area contributed by atoms with Gasteiger partial charge in [-0.1, -0.05) is 36.7 Å². The Hall–Kier alpha value is -1.46. The van der Waals surface area contributed by atoms with Crippen molar-refractivity contribution in [3.8, 4) is 11.4 Å². The van der Waals surface area contributed by atoms with E-state index < -0.39 is 5.82 Å². The Bertz CT molecular complexity index is 536. The number of halogens is 2. The third-order valence-electron chi connectivity index (χ3n) is 2.63. The van der Waals surface area contributed by atoms with Gasteiger partial charge >= 0.3 is 0 Å². The second kappa shape index (κ2) is 5.04. The molecule has 18 heavy (non-hydrogen) atoms. The molecule has 0 saturated heterocycles. The molecule has 0 bridgehead atoms. The first-order valence-electron chi connectivity index (χ1n) is 5.54. The average molecular weight is 270 g/mol. The SMILES string of the molecule is CC(C)C(N)c1nc(-c2c(F)cccc2Cl)no1. The minimum absolute atomic E-state index is 0.115. The zero-order chi connectivity index (χ0) is 13.3. The molecule has 2 N–H and O–H groups in total. The van der Waals surface area contributed by atoms with Gasteiger partial charge in [0.2, 0.25) is 11.7 Å². The van der Waals surface area contributed by atoms with Crippen molar-refractivity contribution in [2.45, 2.75) is 19.9 Å². The van der Waals surface area contributed by atoms with Gasteiger partial charge in [-0.25, -0.2) is 4.39 Å². The monoisotopic (exact) mass is 269 g/mol. The second-order valence-corrected chi connectivity index (χ2v) is 4.73. The summed E-state index contributed by atoms with van der Waals surface area (Å²) in [5.74, 6) is 0.0471. The van der Waals surface area contributed by atoms with Crippen LogP contribution in [0.5, 0.6) is 0 Å². The van der Waals surface area contributed by atoms with Crippen LogP contribution >= 0.6 is 11.6 Å². The van der Waals surface area contributed by atoms with E-state index in [2.05, 4.69) is 10.1 Å². The van der Waals surface area contributed by atoms with Gasteiger partial charge in [-0.3, -0.25) is 0 Å². The van der Waals surface area contributed by atoms with E-state index in [4.69, 9.17) is 21.9 Å². The molecule has 0 radical (unpaired) electrons. The van der Waals surface area contributed by atoms with Crippen molar-refractivity contribution in [1.29, 1.82) is 0 Å². The summed E-state index contributed by atoms with van der Waals surface area (Å²) in [7, 11) is 0. The molecule has 1 atom stereocenters. The number of nitrogens with two attached hydrogens (primary N) is 1. The Morgan fingerprint density at radius 3 is 2.72 bits per heavy atom. The minimum atomic E-state index is -0.493. The summed E-state index contributed by atoms with van der Waals surface area (Å²) in [6.45, 7) is 3.87. The number of benzene rings is 1. The van der Waals surface area contributed by atoms with Gasteiger partial charge in [0.1, 0.15) is 5.82 Å². The van der Waals surface area contributed by atoms with Crippen LogP contribution in [0.2, 0.25) is 5.02 Å². The molecule has 96 valence electrons. The number of rotatable bonds is 3. The molecule has 1 unspecified atom stereocenters. The Morgan fingerprint density at radius 1 is 1.39 bits per heavy atom. The lowest BCUT2D eigenvalue weighted by Gasteiger charge is -2.09. The van der Waals surface area contributed by atoms with E-state index in [1.807, 2.05) is 13.8 Å². The maximum Gasteiger partial charge on any atom is 0.244 e. The van der Waals surface area contributed by atoms with Gasteiger partial charge in [-0.2, -0.15) is 4.98 Å². The summed E-state index contributed by atoms with van der Waals surface area (Å²) in [6.07, 6.45) is 0. The highest BCUT2D eigenvalue weighted by Gasteiger charge is 2.21. The quantitative estimate of drug-likeness (QED) is 0.929. The zero-order valence-corrected chi connectivity index (χ0v) is 10.8. The molecule has 1 aromatic carbocycles. The highest BCUT2D eigenvalue weighted by Crippen LogP contribution is 2.29. The predicted octanol–water partition coefficient (Wildman–Crippen LogP) is 3.18. The summed E-state index contributed by atoms with van der Waals surface area (Å²) in [5.41, 5.74) is 6.01. The van der Waals surface area contributed by atoms with Crippen molar-refractivity contribution in [1.82, 2.24) is 10.1 Å². The van der Waals surface area contributed by atoms with E-state index in [1.165, 1.54) is 12.1 Å². The van der Waals surface area contributed by atoms with Crippen LogP contribution in [-0.2, 0) is 0 Å². The van der Waals surface area contributed by atoms with E-state index in [0.717, 1.165) is 0 Å². The van der Waals surface area contributed by atoms with Gasteiger partial charge in [0.25, 0.3) is 0 Å². The van der Waals surface area contributed by atoms with Crippen LogP contribution in [0.15, 0.2) is 22.7 Å². The molecule has 0 spiro atoms. The van der Waals surface area contributed by atoms with E-state index in [0.29, 0.717) is 0 Å². The normalized spacial score (nSPS) is 13.0. The summed E-state index contributed by atoms with van der Waals surface area (Å²) in [5, 5.41) is 3.96. The molecule has 0 aliphatic carbocycles. The van der Waals surface area contributed by atoms with Crippen LogP contribution in [0.25, 0.3) is 11.4 Å². The second-order valence-electron chi connectivity index (χ2n) is 4.32. The van der Waals surface area contributed by atoms with Crippen molar-refractivity contribution < 1.29 is 8.91 Å². The number of hydrogen-bond acceptors (Lipinski definition) is 4. The van der Waals surface area contributed by atoms with Crippen LogP contribution < -0.4 is 5.73 Å². The molecule has 2 rings (SSSR count). The topological polar surface area (TPSA) is 64.9 Å². The third kappa shape index (κ3) is 2.37. The fraction of sp³-hybridized carbons (Fsp3) is 0.333. The summed E-state index contributed by atoms with van der Waals surface area (Å²) in [4.78, 5) is 4.10. The van der Waals surface area contributed by atoms with E-state index in [9.17, 15) is 4.39 Å². The first-order valence-corrected chi connectivity index (χ1v) is 5.92. The Labute approximate surface area is 109 Å². The van der Waals surface area contributed by atoms with Crippen LogP contribution in [0.1, 0.15) is 25.8 Å².